The number of carbonyl (C=O) groups excluding carboxylic acids is 1. The van der Waals surface area contributed by atoms with Crippen molar-refractivity contribution in [2.75, 3.05) is 0 Å². The lowest BCUT2D eigenvalue weighted by Crippen LogP contribution is -2.29. The molecule has 0 aliphatic carbocycles. The summed E-state index contributed by atoms with van der Waals surface area (Å²) in [6, 6.07) is 11.9. The molecule has 2 rings (SSSR count). The van der Waals surface area contributed by atoms with E-state index in [2.05, 4.69) is 31.3 Å². The van der Waals surface area contributed by atoms with Crippen molar-refractivity contribution in [2.24, 2.45) is 0 Å². The molecule has 0 atom stereocenters. The van der Waals surface area contributed by atoms with E-state index < -0.39 is 0 Å². The molecule has 1 heterocycles. The van der Waals surface area contributed by atoms with Gasteiger partial charge in [0.05, 0.1) is 0 Å². The molecule has 3 nitrogen and oxygen atoms in total. The Bertz CT molecular complexity index is 579. The van der Waals surface area contributed by atoms with Crippen LogP contribution in [-0.2, 0) is 0 Å². The molecule has 106 valence electrons. The van der Waals surface area contributed by atoms with Crippen molar-refractivity contribution in [1.29, 1.82) is 0 Å². The minimum atomic E-state index is -0.176. The highest BCUT2D eigenvalue weighted by Crippen LogP contribution is 2.24. The summed E-state index contributed by atoms with van der Waals surface area (Å²) in [7, 11) is 0. The first kappa shape index (κ1) is 14.4. The largest absolute Gasteiger partial charge is 0.451 e. The number of amides is 1. The number of hydrogen-bond acceptors (Lipinski definition) is 2. The molecule has 0 saturated heterocycles. The van der Waals surface area contributed by atoms with Crippen molar-refractivity contribution < 1.29 is 9.21 Å². The lowest BCUT2D eigenvalue weighted by atomic mass is 10.0. The molecule has 0 bridgehead atoms. The molecule has 0 aliphatic rings. The van der Waals surface area contributed by atoms with Crippen molar-refractivity contribution in [1.82, 2.24) is 5.32 Å². The lowest BCUT2D eigenvalue weighted by molar-refractivity contribution is 0.0916. The zero-order chi connectivity index (χ0) is 14.7. The molecular weight excluding hydrogens is 250 g/mol. The monoisotopic (exact) mass is 271 g/mol. The smallest absolute Gasteiger partial charge is 0.287 e. The van der Waals surface area contributed by atoms with Crippen LogP contribution in [-0.4, -0.2) is 11.9 Å². The van der Waals surface area contributed by atoms with E-state index in [1.54, 1.807) is 6.07 Å². The van der Waals surface area contributed by atoms with E-state index in [-0.39, 0.29) is 11.9 Å². The van der Waals surface area contributed by atoms with Gasteiger partial charge in [0.2, 0.25) is 0 Å². The quantitative estimate of drug-likeness (QED) is 0.905. The number of furan rings is 1. The Hall–Kier alpha value is -2.03. The fraction of sp³-hybridized carbons (Fsp3) is 0.353. The Morgan fingerprint density at radius 3 is 2.20 bits per heavy atom. The van der Waals surface area contributed by atoms with E-state index >= 15 is 0 Å². The molecule has 0 saturated carbocycles. The summed E-state index contributed by atoms with van der Waals surface area (Å²) in [6.45, 7) is 8.17. The van der Waals surface area contributed by atoms with Crippen LogP contribution in [0, 0.1) is 0 Å². The second kappa shape index (κ2) is 5.95. The third-order valence-electron chi connectivity index (χ3n) is 3.11. The standard InChI is InChI=1S/C17H21NO2/c1-11(2)13-5-7-14(8-6-13)15-9-10-16(20-15)17(19)18-12(3)4/h5-12H,1-4H3,(H,18,19). The van der Waals surface area contributed by atoms with Crippen LogP contribution in [0.25, 0.3) is 11.3 Å². The van der Waals surface area contributed by atoms with Crippen molar-refractivity contribution in [3.63, 3.8) is 0 Å². The first-order chi connectivity index (χ1) is 9.47. The number of carbonyl (C=O) groups is 1. The molecule has 0 fully saturated rings. The maximum Gasteiger partial charge on any atom is 0.287 e. The first-order valence-corrected chi connectivity index (χ1v) is 6.98. The van der Waals surface area contributed by atoms with Crippen LogP contribution in [0.1, 0.15) is 49.7 Å². The van der Waals surface area contributed by atoms with E-state index in [0.717, 1.165) is 5.56 Å². The Balaban J connectivity index is 2.18. The Labute approximate surface area is 120 Å². The van der Waals surface area contributed by atoms with E-state index in [4.69, 9.17) is 4.42 Å². The molecule has 2 aromatic rings. The average Bonchev–Trinajstić information content (AvgIpc) is 2.87. The number of nitrogens with one attached hydrogen (secondary N) is 1. The van der Waals surface area contributed by atoms with Gasteiger partial charge in [-0.3, -0.25) is 4.79 Å². The highest BCUT2D eigenvalue weighted by molar-refractivity contribution is 5.92. The minimum absolute atomic E-state index is 0.0985. The third kappa shape index (κ3) is 3.29. The number of benzene rings is 1. The van der Waals surface area contributed by atoms with Gasteiger partial charge in [0, 0.05) is 11.6 Å². The van der Waals surface area contributed by atoms with E-state index in [9.17, 15) is 4.79 Å². The number of hydrogen-bond donors (Lipinski definition) is 1. The van der Waals surface area contributed by atoms with Gasteiger partial charge >= 0.3 is 0 Å². The van der Waals surface area contributed by atoms with Gasteiger partial charge in [-0.05, 0) is 37.5 Å². The molecular formula is C17H21NO2. The molecule has 1 N–H and O–H groups in total. The Morgan fingerprint density at radius 1 is 1.00 bits per heavy atom. The van der Waals surface area contributed by atoms with Gasteiger partial charge in [-0.1, -0.05) is 38.1 Å². The summed E-state index contributed by atoms with van der Waals surface area (Å²) < 4.78 is 5.62. The van der Waals surface area contributed by atoms with Gasteiger partial charge in [0.25, 0.3) is 5.91 Å². The van der Waals surface area contributed by atoms with Crippen LogP contribution in [0.3, 0.4) is 0 Å². The molecule has 1 aromatic heterocycles. The van der Waals surface area contributed by atoms with Crippen molar-refractivity contribution in [3.05, 3.63) is 47.7 Å². The van der Waals surface area contributed by atoms with Gasteiger partial charge < -0.3 is 9.73 Å². The molecule has 0 aliphatic heterocycles. The SMILES string of the molecule is CC(C)NC(=O)c1ccc(-c2ccc(C(C)C)cc2)o1. The van der Waals surface area contributed by atoms with E-state index in [0.29, 0.717) is 17.4 Å². The first-order valence-electron chi connectivity index (χ1n) is 6.98. The van der Waals surface area contributed by atoms with Crippen LogP contribution in [0.5, 0.6) is 0 Å². The maximum atomic E-state index is 11.8. The van der Waals surface area contributed by atoms with Crippen LogP contribution >= 0.6 is 0 Å². The van der Waals surface area contributed by atoms with Gasteiger partial charge in [-0.25, -0.2) is 0 Å². The van der Waals surface area contributed by atoms with Gasteiger partial charge in [0.15, 0.2) is 5.76 Å². The number of rotatable bonds is 4. The molecule has 1 amide bonds. The van der Waals surface area contributed by atoms with Crippen molar-refractivity contribution in [2.45, 2.75) is 39.7 Å². The topological polar surface area (TPSA) is 42.2 Å². The minimum Gasteiger partial charge on any atom is -0.451 e. The molecule has 0 radical (unpaired) electrons. The Morgan fingerprint density at radius 2 is 1.65 bits per heavy atom. The van der Waals surface area contributed by atoms with Crippen molar-refractivity contribution in [3.8, 4) is 11.3 Å². The molecule has 1 aromatic carbocycles. The van der Waals surface area contributed by atoms with Crippen molar-refractivity contribution >= 4 is 5.91 Å². The average molecular weight is 271 g/mol. The lowest BCUT2D eigenvalue weighted by Gasteiger charge is -2.06. The second-order valence-electron chi connectivity index (χ2n) is 5.57. The summed E-state index contributed by atoms with van der Waals surface area (Å²) in [6.07, 6.45) is 0. The van der Waals surface area contributed by atoms with Crippen LogP contribution < -0.4 is 5.32 Å². The summed E-state index contributed by atoms with van der Waals surface area (Å²) in [5.74, 6) is 1.40. The second-order valence-corrected chi connectivity index (χ2v) is 5.57. The summed E-state index contributed by atoms with van der Waals surface area (Å²) in [5, 5.41) is 2.82. The third-order valence-corrected chi connectivity index (χ3v) is 3.11. The predicted molar refractivity (Wildman–Crippen MR) is 80.8 cm³/mol. The van der Waals surface area contributed by atoms with Crippen LogP contribution in [0.2, 0.25) is 0 Å². The fourth-order valence-electron chi connectivity index (χ4n) is 1.98. The highest BCUT2D eigenvalue weighted by atomic mass is 16.3. The van der Waals surface area contributed by atoms with Gasteiger partial charge in [-0.2, -0.15) is 0 Å². The van der Waals surface area contributed by atoms with Gasteiger partial charge in [0.1, 0.15) is 5.76 Å². The zero-order valence-corrected chi connectivity index (χ0v) is 12.4. The normalized spacial score (nSPS) is 11.1. The zero-order valence-electron chi connectivity index (χ0n) is 12.4. The predicted octanol–water partition coefficient (Wildman–Crippen LogP) is 4.21. The van der Waals surface area contributed by atoms with E-state index in [1.807, 2.05) is 32.0 Å². The van der Waals surface area contributed by atoms with Crippen LogP contribution in [0.4, 0.5) is 0 Å². The summed E-state index contributed by atoms with van der Waals surface area (Å²) >= 11 is 0. The summed E-state index contributed by atoms with van der Waals surface area (Å²) in [5.41, 5.74) is 2.27. The molecule has 20 heavy (non-hydrogen) atoms. The van der Waals surface area contributed by atoms with E-state index in [1.165, 1.54) is 5.56 Å². The Kier molecular flexibility index (Phi) is 4.28. The summed E-state index contributed by atoms with van der Waals surface area (Å²) in [4.78, 5) is 11.8. The fourth-order valence-corrected chi connectivity index (χ4v) is 1.98. The molecule has 0 spiro atoms. The van der Waals surface area contributed by atoms with Gasteiger partial charge in [-0.15, -0.1) is 0 Å². The maximum absolute atomic E-state index is 11.8. The molecule has 0 unspecified atom stereocenters. The molecule has 3 heteroatoms. The highest BCUT2D eigenvalue weighted by Gasteiger charge is 2.13. The van der Waals surface area contributed by atoms with Crippen LogP contribution in [0.15, 0.2) is 40.8 Å².